The molecule has 0 spiro atoms. The van der Waals surface area contributed by atoms with Crippen molar-refractivity contribution in [2.24, 2.45) is 0 Å². The quantitative estimate of drug-likeness (QED) is 0.728. The van der Waals surface area contributed by atoms with E-state index in [0.29, 0.717) is 10.8 Å². The number of carboxylic acid groups (broad SMARTS) is 1. The van der Waals surface area contributed by atoms with Gasteiger partial charge >= 0.3 is 5.97 Å². The third-order valence-electron chi connectivity index (χ3n) is 2.04. The normalized spacial score (nSPS) is 10.5. The molecule has 76 valence electrons. The molecule has 0 fully saturated rings. The predicted octanol–water partition coefficient (Wildman–Crippen LogP) is 2.29. The maximum absolute atomic E-state index is 10.7. The summed E-state index contributed by atoms with van der Waals surface area (Å²) in [6.45, 7) is 0. The van der Waals surface area contributed by atoms with Gasteiger partial charge in [-0.05, 0) is 0 Å². The summed E-state index contributed by atoms with van der Waals surface area (Å²) in [6.07, 6.45) is 0. The zero-order valence-electron chi connectivity index (χ0n) is 7.44. The van der Waals surface area contributed by atoms with Gasteiger partial charge in [-0.25, -0.2) is 9.78 Å². The van der Waals surface area contributed by atoms with Crippen molar-refractivity contribution in [1.82, 2.24) is 4.98 Å². The highest BCUT2D eigenvalue weighted by Gasteiger charge is 2.16. The fourth-order valence-electron chi connectivity index (χ4n) is 1.36. The van der Waals surface area contributed by atoms with Crippen LogP contribution in [0, 0.1) is 0 Å². The van der Waals surface area contributed by atoms with E-state index in [-0.39, 0.29) is 10.9 Å². The number of carbonyl (C=O) groups is 1. The Hall–Kier alpha value is -1.81. The standard InChI is InChI=1S/C10H6ClNO3/c11-9-6-4-2-1-3-5(6)8(13)7(12-9)10(14)15/h1-4,13H,(H,14,15). The highest BCUT2D eigenvalue weighted by molar-refractivity contribution is 6.34. The molecule has 0 radical (unpaired) electrons. The Labute approximate surface area is 89.8 Å². The number of aromatic hydroxyl groups is 1. The van der Waals surface area contributed by atoms with Gasteiger partial charge in [-0.15, -0.1) is 0 Å². The van der Waals surface area contributed by atoms with Gasteiger partial charge in [-0.3, -0.25) is 0 Å². The fraction of sp³-hybridized carbons (Fsp3) is 0. The molecule has 0 aliphatic rings. The van der Waals surface area contributed by atoms with E-state index in [0.717, 1.165) is 0 Å². The number of carboxylic acids is 1. The molecule has 15 heavy (non-hydrogen) atoms. The Kier molecular flexibility index (Phi) is 2.21. The highest BCUT2D eigenvalue weighted by atomic mass is 35.5. The van der Waals surface area contributed by atoms with Crippen LogP contribution < -0.4 is 0 Å². The zero-order valence-corrected chi connectivity index (χ0v) is 8.19. The molecule has 0 bridgehead atoms. The molecule has 2 N–H and O–H groups in total. The summed E-state index contributed by atoms with van der Waals surface area (Å²) in [5.41, 5.74) is -0.432. The van der Waals surface area contributed by atoms with E-state index in [1.54, 1.807) is 24.3 Å². The van der Waals surface area contributed by atoms with Gasteiger partial charge in [0, 0.05) is 10.8 Å². The number of benzene rings is 1. The lowest BCUT2D eigenvalue weighted by molar-refractivity contribution is 0.0687. The molecule has 1 aromatic carbocycles. The van der Waals surface area contributed by atoms with Crippen LogP contribution in [0.1, 0.15) is 10.5 Å². The smallest absolute Gasteiger partial charge is 0.358 e. The summed E-state index contributed by atoms with van der Waals surface area (Å²) in [5, 5.41) is 19.4. The summed E-state index contributed by atoms with van der Waals surface area (Å²) in [5.74, 6) is -1.66. The van der Waals surface area contributed by atoms with Crippen LogP contribution in [-0.2, 0) is 0 Å². The lowest BCUT2D eigenvalue weighted by Gasteiger charge is -2.05. The van der Waals surface area contributed by atoms with E-state index in [9.17, 15) is 9.90 Å². The Morgan fingerprint density at radius 3 is 2.47 bits per heavy atom. The molecular weight excluding hydrogens is 218 g/mol. The molecule has 0 unspecified atom stereocenters. The molecule has 0 aliphatic heterocycles. The number of pyridine rings is 1. The van der Waals surface area contributed by atoms with Gasteiger partial charge in [0.25, 0.3) is 0 Å². The molecule has 2 rings (SSSR count). The van der Waals surface area contributed by atoms with Gasteiger partial charge in [0.1, 0.15) is 5.15 Å². The van der Waals surface area contributed by atoms with Crippen molar-refractivity contribution in [3.63, 3.8) is 0 Å². The number of aromatic carboxylic acids is 1. The third kappa shape index (κ3) is 1.49. The minimum atomic E-state index is -1.31. The molecular formula is C10H6ClNO3. The van der Waals surface area contributed by atoms with E-state index in [1.165, 1.54) is 0 Å². The minimum absolute atomic E-state index is 0.0702. The van der Waals surface area contributed by atoms with Crippen LogP contribution in [0.2, 0.25) is 5.15 Å². The average molecular weight is 224 g/mol. The van der Waals surface area contributed by atoms with Crippen molar-refractivity contribution in [3.8, 4) is 5.75 Å². The number of hydrogen-bond donors (Lipinski definition) is 2. The second kappa shape index (κ2) is 3.40. The largest absolute Gasteiger partial charge is 0.505 e. The lowest BCUT2D eigenvalue weighted by Crippen LogP contribution is -2.01. The first-order valence-electron chi connectivity index (χ1n) is 4.11. The number of halogens is 1. The fourth-order valence-corrected chi connectivity index (χ4v) is 1.61. The summed E-state index contributed by atoms with van der Waals surface area (Å²) in [7, 11) is 0. The van der Waals surface area contributed by atoms with Gasteiger partial charge in [-0.2, -0.15) is 0 Å². The molecule has 0 amide bonds. The molecule has 0 saturated carbocycles. The first-order valence-corrected chi connectivity index (χ1v) is 4.49. The number of nitrogens with zero attached hydrogens (tertiary/aromatic N) is 1. The Morgan fingerprint density at radius 1 is 1.27 bits per heavy atom. The van der Waals surface area contributed by atoms with Crippen LogP contribution in [0.25, 0.3) is 10.8 Å². The second-order valence-electron chi connectivity index (χ2n) is 2.95. The third-order valence-corrected chi connectivity index (χ3v) is 2.33. The minimum Gasteiger partial charge on any atom is -0.505 e. The summed E-state index contributed by atoms with van der Waals surface area (Å²) < 4.78 is 0. The van der Waals surface area contributed by atoms with Crippen molar-refractivity contribution in [3.05, 3.63) is 35.1 Å². The Morgan fingerprint density at radius 2 is 1.87 bits per heavy atom. The van der Waals surface area contributed by atoms with Gasteiger partial charge in [0.05, 0.1) is 0 Å². The topological polar surface area (TPSA) is 70.4 Å². The summed E-state index contributed by atoms with van der Waals surface area (Å²) >= 11 is 5.79. The molecule has 0 atom stereocenters. The van der Waals surface area contributed by atoms with E-state index in [2.05, 4.69) is 4.98 Å². The molecule has 0 aliphatic carbocycles. The van der Waals surface area contributed by atoms with Gasteiger partial charge < -0.3 is 10.2 Å². The predicted molar refractivity (Wildman–Crippen MR) is 55.4 cm³/mol. The summed E-state index contributed by atoms with van der Waals surface area (Å²) in [6, 6.07) is 6.67. The van der Waals surface area contributed by atoms with Gasteiger partial charge in [0.15, 0.2) is 11.4 Å². The van der Waals surface area contributed by atoms with Crippen LogP contribution >= 0.6 is 11.6 Å². The van der Waals surface area contributed by atoms with E-state index < -0.39 is 11.7 Å². The monoisotopic (exact) mass is 223 g/mol. The SMILES string of the molecule is O=C(O)c1nc(Cl)c2ccccc2c1O. The number of rotatable bonds is 1. The first-order chi connectivity index (χ1) is 7.11. The molecule has 2 aromatic rings. The average Bonchev–Trinajstić information content (AvgIpc) is 2.23. The maximum atomic E-state index is 10.7. The molecule has 1 heterocycles. The number of fused-ring (bicyclic) bond motifs is 1. The van der Waals surface area contributed by atoms with Crippen molar-refractivity contribution in [2.75, 3.05) is 0 Å². The van der Waals surface area contributed by atoms with Crippen molar-refractivity contribution in [1.29, 1.82) is 0 Å². The van der Waals surface area contributed by atoms with Gasteiger partial charge in [-0.1, -0.05) is 35.9 Å². The van der Waals surface area contributed by atoms with Crippen molar-refractivity contribution < 1.29 is 15.0 Å². The Bertz CT molecular complexity index is 554. The van der Waals surface area contributed by atoms with Gasteiger partial charge in [0.2, 0.25) is 0 Å². The van der Waals surface area contributed by atoms with E-state index in [4.69, 9.17) is 16.7 Å². The van der Waals surface area contributed by atoms with Crippen LogP contribution in [0.3, 0.4) is 0 Å². The molecule has 0 saturated heterocycles. The highest BCUT2D eigenvalue weighted by Crippen LogP contribution is 2.31. The number of aromatic nitrogens is 1. The first kappa shape index (κ1) is 9.73. The van der Waals surface area contributed by atoms with E-state index in [1.807, 2.05) is 0 Å². The number of hydrogen-bond acceptors (Lipinski definition) is 3. The van der Waals surface area contributed by atoms with Crippen molar-refractivity contribution >= 4 is 28.3 Å². The molecule has 1 aromatic heterocycles. The van der Waals surface area contributed by atoms with Crippen LogP contribution in [0.15, 0.2) is 24.3 Å². The molecule has 5 heteroatoms. The Balaban J connectivity index is 2.90. The molecule has 4 nitrogen and oxygen atoms in total. The van der Waals surface area contributed by atoms with Crippen molar-refractivity contribution in [2.45, 2.75) is 0 Å². The van der Waals surface area contributed by atoms with E-state index >= 15 is 0 Å². The van der Waals surface area contributed by atoms with Crippen LogP contribution in [0.5, 0.6) is 5.75 Å². The zero-order chi connectivity index (χ0) is 11.0. The maximum Gasteiger partial charge on any atom is 0.358 e. The summed E-state index contributed by atoms with van der Waals surface area (Å²) in [4.78, 5) is 14.4. The second-order valence-corrected chi connectivity index (χ2v) is 3.31. The lowest BCUT2D eigenvalue weighted by atomic mass is 10.1. The van der Waals surface area contributed by atoms with Crippen LogP contribution in [-0.4, -0.2) is 21.2 Å². The van der Waals surface area contributed by atoms with Crippen LogP contribution in [0.4, 0.5) is 0 Å².